The van der Waals surface area contributed by atoms with Gasteiger partial charge in [-0.1, -0.05) is 0 Å². The van der Waals surface area contributed by atoms with Crippen LogP contribution < -0.4 is 19.6 Å². The first-order valence-corrected chi connectivity index (χ1v) is 7.29. The van der Waals surface area contributed by atoms with Crippen LogP contribution in [0.5, 0.6) is 17.2 Å². The third-order valence-electron chi connectivity index (χ3n) is 3.44. The molecule has 0 bridgehead atoms. The fourth-order valence-electron chi connectivity index (χ4n) is 2.19. The molecule has 0 aliphatic carbocycles. The molecule has 2 rings (SSSR count). The van der Waals surface area contributed by atoms with Gasteiger partial charge >= 0.3 is 0 Å². The maximum Gasteiger partial charge on any atom is 0.271 e. The number of aryl methyl sites for hydroxylation is 1. The fraction of sp³-hybridized carbons (Fsp3) is 0.222. The van der Waals surface area contributed by atoms with Crippen LogP contribution in [0.15, 0.2) is 41.5 Å². The summed E-state index contributed by atoms with van der Waals surface area (Å²) in [4.78, 5) is 12.1. The number of ether oxygens (including phenoxy) is 3. The summed E-state index contributed by atoms with van der Waals surface area (Å²) in [5, 5.41) is 3.98. The first-order valence-electron chi connectivity index (χ1n) is 7.29. The van der Waals surface area contributed by atoms with E-state index in [4.69, 9.17) is 14.2 Å². The second-order valence-electron chi connectivity index (χ2n) is 5.00. The van der Waals surface area contributed by atoms with Gasteiger partial charge in [0.1, 0.15) is 5.75 Å². The summed E-state index contributed by atoms with van der Waals surface area (Å²) in [6.45, 7) is 1.94. The molecule has 0 saturated heterocycles. The monoisotopic (exact) mass is 328 g/mol. The molecular weight excluding hydrogens is 308 g/mol. The van der Waals surface area contributed by atoms with Gasteiger partial charge in [-0.15, -0.1) is 0 Å². The number of methoxy groups -OCH3 is 3. The Hall–Kier alpha value is -3.02. The first kappa shape index (κ1) is 17.3. The van der Waals surface area contributed by atoms with Crippen LogP contribution in [0.2, 0.25) is 0 Å². The number of rotatable bonds is 6. The van der Waals surface area contributed by atoms with Crippen molar-refractivity contribution in [1.29, 1.82) is 0 Å². The Morgan fingerprint density at radius 2 is 1.62 bits per heavy atom. The van der Waals surface area contributed by atoms with Crippen molar-refractivity contribution in [3.63, 3.8) is 0 Å². The van der Waals surface area contributed by atoms with Gasteiger partial charge in [0.05, 0.1) is 27.5 Å². The SMILES string of the molecule is COc1ccc(/C=N/NC(=O)c2ccc(OC)c(OC)c2)cc1C. The maximum absolute atomic E-state index is 12.1. The maximum atomic E-state index is 12.1. The molecule has 0 unspecified atom stereocenters. The van der Waals surface area contributed by atoms with Crippen molar-refractivity contribution in [2.45, 2.75) is 6.92 Å². The van der Waals surface area contributed by atoms with Crippen LogP contribution in [0.4, 0.5) is 0 Å². The highest BCUT2D eigenvalue weighted by atomic mass is 16.5. The van der Waals surface area contributed by atoms with Crippen LogP contribution in [0, 0.1) is 6.92 Å². The van der Waals surface area contributed by atoms with Gasteiger partial charge in [0, 0.05) is 5.56 Å². The number of amides is 1. The molecule has 6 heteroatoms. The molecule has 6 nitrogen and oxygen atoms in total. The molecule has 0 aliphatic rings. The minimum Gasteiger partial charge on any atom is -0.496 e. The molecule has 0 radical (unpaired) electrons. The number of hydrazone groups is 1. The van der Waals surface area contributed by atoms with Crippen LogP contribution >= 0.6 is 0 Å². The minimum absolute atomic E-state index is 0.336. The average molecular weight is 328 g/mol. The molecule has 0 saturated carbocycles. The van der Waals surface area contributed by atoms with E-state index < -0.39 is 0 Å². The van der Waals surface area contributed by atoms with E-state index in [9.17, 15) is 4.79 Å². The Morgan fingerprint density at radius 1 is 0.958 bits per heavy atom. The van der Waals surface area contributed by atoms with Crippen LogP contribution in [0.3, 0.4) is 0 Å². The molecule has 0 aromatic heterocycles. The highest BCUT2D eigenvalue weighted by Crippen LogP contribution is 2.27. The lowest BCUT2D eigenvalue weighted by atomic mass is 10.1. The van der Waals surface area contributed by atoms with E-state index in [2.05, 4.69) is 10.5 Å². The zero-order valence-electron chi connectivity index (χ0n) is 14.1. The van der Waals surface area contributed by atoms with E-state index in [1.54, 1.807) is 38.6 Å². The predicted octanol–water partition coefficient (Wildman–Crippen LogP) is 2.78. The molecular formula is C18H20N2O4. The zero-order valence-corrected chi connectivity index (χ0v) is 14.1. The van der Waals surface area contributed by atoms with Crippen molar-refractivity contribution in [3.05, 3.63) is 53.1 Å². The number of benzene rings is 2. The van der Waals surface area contributed by atoms with Gasteiger partial charge < -0.3 is 14.2 Å². The summed E-state index contributed by atoms with van der Waals surface area (Å²) in [6.07, 6.45) is 1.57. The van der Waals surface area contributed by atoms with Gasteiger partial charge in [-0.05, 0) is 54.4 Å². The third-order valence-corrected chi connectivity index (χ3v) is 3.44. The van der Waals surface area contributed by atoms with E-state index in [1.807, 2.05) is 25.1 Å². The van der Waals surface area contributed by atoms with Crippen molar-refractivity contribution in [1.82, 2.24) is 5.43 Å². The van der Waals surface area contributed by atoms with E-state index in [0.29, 0.717) is 17.1 Å². The van der Waals surface area contributed by atoms with Gasteiger partial charge in [0.2, 0.25) is 0 Å². The van der Waals surface area contributed by atoms with Gasteiger partial charge in [-0.25, -0.2) is 5.43 Å². The van der Waals surface area contributed by atoms with Crippen molar-refractivity contribution in [2.75, 3.05) is 21.3 Å². The molecule has 0 fully saturated rings. The second kappa shape index (κ2) is 8.01. The zero-order chi connectivity index (χ0) is 17.5. The largest absolute Gasteiger partial charge is 0.496 e. The normalized spacial score (nSPS) is 10.5. The Labute approximate surface area is 141 Å². The van der Waals surface area contributed by atoms with E-state index in [1.165, 1.54) is 7.11 Å². The molecule has 0 spiro atoms. The van der Waals surface area contributed by atoms with Crippen molar-refractivity contribution in [3.8, 4) is 17.2 Å². The molecule has 0 aliphatic heterocycles. The van der Waals surface area contributed by atoms with E-state index >= 15 is 0 Å². The first-order chi connectivity index (χ1) is 11.6. The van der Waals surface area contributed by atoms with Gasteiger partial charge in [0.15, 0.2) is 11.5 Å². The Balaban J connectivity index is 2.06. The summed E-state index contributed by atoms with van der Waals surface area (Å²) in [5.74, 6) is 1.52. The number of hydrogen-bond acceptors (Lipinski definition) is 5. The molecule has 126 valence electrons. The Kier molecular flexibility index (Phi) is 5.78. The average Bonchev–Trinajstić information content (AvgIpc) is 2.61. The van der Waals surface area contributed by atoms with Crippen LogP contribution in [-0.4, -0.2) is 33.5 Å². The number of carbonyl (C=O) groups is 1. The van der Waals surface area contributed by atoms with E-state index in [-0.39, 0.29) is 5.91 Å². The second-order valence-corrected chi connectivity index (χ2v) is 5.00. The lowest BCUT2D eigenvalue weighted by molar-refractivity contribution is 0.0954. The van der Waals surface area contributed by atoms with Crippen LogP contribution in [0.25, 0.3) is 0 Å². The van der Waals surface area contributed by atoms with Gasteiger partial charge in [-0.2, -0.15) is 5.10 Å². The van der Waals surface area contributed by atoms with Crippen LogP contribution in [-0.2, 0) is 0 Å². The number of carbonyl (C=O) groups excluding carboxylic acids is 1. The summed E-state index contributed by atoms with van der Waals surface area (Å²) in [7, 11) is 4.68. The molecule has 1 N–H and O–H groups in total. The fourth-order valence-corrected chi connectivity index (χ4v) is 2.19. The number of hydrogen-bond donors (Lipinski definition) is 1. The Bertz CT molecular complexity index is 757. The summed E-state index contributed by atoms with van der Waals surface area (Å²) < 4.78 is 15.5. The Morgan fingerprint density at radius 3 is 2.25 bits per heavy atom. The molecule has 2 aromatic rings. The van der Waals surface area contributed by atoms with Crippen LogP contribution in [0.1, 0.15) is 21.5 Å². The van der Waals surface area contributed by atoms with Gasteiger partial charge in [-0.3, -0.25) is 4.79 Å². The summed E-state index contributed by atoms with van der Waals surface area (Å²) >= 11 is 0. The predicted molar refractivity (Wildman–Crippen MR) is 92.3 cm³/mol. The van der Waals surface area contributed by atoms with E-state index in [0.717, 1.165) is 16.9 Å². The van der Waals surface area contributed by atoms with Crippen molar-refractivity contribution >= 4 is 12.1 Å². The third kappa shape index (κ3) is 4.04. The highest BCUT2D eigenvalue weighted by molar-refractivity contribution is 5.95. The van der Waals surface area contributed by atoms with Gasteiger partial charge in [0.25, 0.3) is 5.91 Å². The van der Waals surface area contributed by atoms with Crippen molar-refractivity contribution < 1.29 is 19.0 Å². The summed E-state index contributed by atoms with van der Waals surface area (Å²) in [6, 6.07) is 10.5. The standard InChI is InChI=1S/C18H20N2O4/c1-12-9-13(5-7-15(12)22-2)11-19-20-18(21)14-6-8-16(23-3)17(10-14)24-4/h5-11H,1-4H3,(H,20,21)/b19-11+. The molecule has 0 atom stereocenters. The molecule has 24 heavy (non-hydrogen) atoms. The molecule has 2 aromatic carbocycles. The minimum atomic E-state index is -0.336. The lowest BCUT2D eigenvalue weighted by Gasteiger charge is -2.08. The summed E-state index contributed by atoms with van der Waals surface area (Å²) in [5.41, 5.74) is 4.77. The highest BCUT2D eigenvalue weighted by Gasteiger charge is 2.09. The lowest BCUT2D eigenvalue weighted by Crippen LogP contribution is -2.17. The quantitative estimate of drug-likeness (QED) is 0.654. The molecule has 0 heterocycles. The topological polar surface area (TPSA) is 69.2 Å². The smallest absolute Gasteiger partial charge is 0.271 e. The number of nitrogens with zero attached hydrogens (tertiary/aromatic N) is 1. The molecule has 1 amide bonds. The van der Waals surface area contributed by atoms with Crippen molar-refractivity contribution in [2.24, 2.45) is 5.10 Å². The number of nitrogens with one attached hydrogen (secondary N) is 1.